The van der Waals surface area contributed by atoms with E-state index in [9.17, 15) is 22.4 Å². The first kappa shape index (κ1) is 29.5. The van der Waals surface area contributed by atoms with Gasteiger partial charge in [0.25, 0.3) is 0 Å². The van der Waals surface area contributed by atoms with Crippen LogP contribution in [0.4, 0.5) is 29.2 Å². The average molecular weight is 584 g/mol. The zero-order valence-corrected chi connectivity index (χ0v) is 23.7. The van der Waals surface area contributed by atoms with Gasteiger partial charge in [0.05, 0.1) is 23.3 Å². The number of carbonyl (C=O) groups is 1. The monoisotopic (exact) mass is 583 g/mol. The molecule has 0 saturated carbocycles. The maximum atomic E-state index is 14.1. The number of nitrogens with zero attached hydrogens (tertiary/aromatic N) is 4. The number of likely N-dealkylation sites (tertiary alicyclic amines) is 1. The van der Waals surface area contributed by atoms with Gasteiger partial charge in [0.15, 0.2) is 0 Å². The van der Waals surface area contributed by atoms with Gasteiger partial charge in [0.2, 0.25) is 5.95 Å². The molecule has 1 fully saturated rings. The molecule has 2 aromatic heterocycles. The van der Waals surface area contributed by atoms with Gasteiger partial charge in [-0.15, -0.1) is 0 Å². The first-order chi connectivity index (χ1) is 19.9. The van der Waals surface area contributed by atoms with Crippen molar-refractivity contribution in [3.63, 3.8) is 0 Å². The number of nitrogens with one attached hydrogen (secondary N) is 1. The molecule has 3 heterocycles. The van der Waals surface area contributed by atoms with Gasteiger partial charge in [-0.25, -0.2) is 9.37 Å². The molecule has 0 aliphatic carbocycles. The quantitative estimate of drug-likeness (QED) is 0.211. The number of piperidine rings is 1. The number of carbonyl (C=O) groups excluding carboxylic acids is 1. The molecular formula is C31H33F4N5O2. The second-order valence-corrected chi connectivity index (χ2v) is 11.1. The largest absolute Gasteiger partial charge is 0.457 e. The third-order valence-corrected chi connectivity index (χ3v) is 7.55. The van der Waals surface area contributed by atoms with Crippen molar-refractivity contribution in [3.8, 4) is 11.5 Å². The zero-order valence-electron chi connectivity index (χ0n) is 23.7. The van der Waals surface area contributed by atoms with Gasteiger partial charge in [-0.1, -0.05) is 13.8 Å². The number of fused-ring (bicyclic) bond motifs is 1. The summed E-state index contributed by atoms with van der Waals surface area (Å²) in [7, 11) is 1.89. The zero-order chi connectivity index (χ0) is 30.0. The fraction of sp³-hybridized carbons (Fsp3) is 0.387. The van der Waals surface area contributed by atoms with Crippen LogP contribution in [0.15, 0.2) is 54.7 Å². The number of hydrogen-bond acceptors (Lipinski definition) is 6. The molecule has 11 heteroatoms. The van der Waals surface area contributed by atoms with Gasteiger partial charge in [0.1, 0.15) is 23.1 Å². The number of imidazole rings is 1. The number of aryl methyl sites for hydroxylation is 1. The summed E-state index contributed by atoms with van der Waals surface area (Å²) in [5, 5.41) is 3.27. The molecule has 4 aromatic rings. The first-order valence-corrected chi connectivity index (χ1v) is 13.9. The van der Waals surface area contributed by atoms with Crippen molar-refractivity contribution in [2.45, 2.75) is 45.2 Å². The Morgan fingerprint density at radius 2 is 1.81 bits per heavy atom. The van der Waals surface area contributed by atoms with E-state index in [0.29, 0.717) is 47.1 Å². The summed E-state index contributed by atoms with van der Waals surface area (Å²) in [5.41, 5.74) is 3.48. The molecule has 1 aliphatic heterocycles. The Morgan fingerprint density at radius 1 is 1.07 bits per heavy atom. The molecule has 0 bridgehead atoms. The fourth-order valence-electron chi connectivity index (χ4n) is 5.29. The van der Waals surface area contributed by atoms with E-state index in [2.05, 4.69) is 10.3 Å². The highest BCUT2D eigenvalue weighted by Crippen LogP contribution is 2.30. The van der Waals surface area contributed by atoms with E-state index in [0.717, 1.165) is 11.2 Å². The van der Waals surface area contributed by atoms with Crippen molar-refractivity contribution >= 4 is 28.5 Å². The SMILES string of the molecule is CC(C)c1cc(Nc2nc3cc(Oc4ccnc(CC(=O)C5CCN(CC(F)(F)F)CC5)c4)ccc3n2C)ccc1F. The number of benzene rings is 2. The molecule has 0 atom stereocenters. The molecule has 0 radical (unpaired) electrons. The highest BCUT2D eigenvalue weighted by Gasteiger charge is 2.33. The molecule has 1 saturated heterocycles. The molecule has 42 heavy (non-hydrogen) atoms. The number of ether oxygens (including phenoxy) is 1. The minimum absolute atomic E-state index is 0.0251. The number of alkyl halides is 3. The van der Waals surface area contributed by atoms with Crippen molar-refractivity contribution in [1.82, 2.24) is 19.4 Å². The summed E-state index contributed by atoms with van der Waals surface area (Å²) >= 11 is 0. The number of aromatic nitrogens is 3. The molecule has 0 amide bonds. The van der Waals surface area contributed by atoms with Crippen molar-refractivity contribution in [1.29, 1.82) is 0 Å². The predicted molar refractivity (Wildman–Crippen MR) is 153 cm³/mol. The Morgan fingerprint density at radius 3 is 2.52 bits per heavy atom. The highest BCUT2D eigenvalue weighted by molar-refractivity contribution is 5.83. The van der Waals surface area contributed by atoms with Gasteiger partial charge < -0.3 is 14.6 Å². The Kier molecular flexibility index (Phi) is 8.49. The van der Waals surface area contributed by atoms with Crippen LogP contribution in [-0.4, -0.2) is 51.0 Å². The minimum Gasteiger partial charge on any atom is -0.457 e. The summed E-state index contributed by atoms with van der Waals surface area (Å²) in [6.07, 6.45) is -1.75. The number of Topliss-reactive ketones (excluding diaryl/α,β-unsaturated/α-hetero) is 1. The summed E-state index contributed by atoms with van der Waals surface area (Å²) in [5.74, 6) is 1.16. The lowest BCUT2D eigenvalue weighted by molar-refractivity contribution is -0.149. The highest BCUT2D eigenvalue weighted by atomic mass is 19.4. The summed E-state index contributed by atoms with van der Waals surface area (Å²) in [4.78, 5) is 23.2. The van der Waals surface area contributed by atoms with Crippen LogP contribution in [0.5, 0.6) is 11.5 Å². The fourth-order valence-corrected chi connectivity index (χ4v) is 5.29. The lowest BCUT2D eigenvalue weighted by Gasteiger charge is -2.31. The molecule has 0 spiro atoms. The van der Waals surface area contributed by atoms with E-state index in [4.69, 9.17) is 9.72 Å². The van der Waals surface area contributed by atoms with E-state index < -0.39 is 12.7 Å². The van der Waals surface area contributed by atoms with Crippen LogP contribution in [0.3, 0.4) is 0 Å². The summed E-state index contributed by atoms with van der Waals surface area (Å²) < 4.78 is 60.1. The number of anilines is 2. The normalized spacial score (nSPS) is 15.0. The molecule has 7 nitrogen and oxygen atoms in total. The van der Waals surface area contributed by atoms with Crippen LogP contribution in [0.2, 0.25) is 0 Å². The Balaban J connectivity index is 1.23. The van der Waals surface area contributed by atoms with Crippen LogP contribution in [0.1, 0.15) is 43.9 Å². The topological polar surface area (TPSA) is 72.3 Å². The smallest absolute Gasteiger partial charge is 0.401 e. The standard InChI is InChI=1S/C31H33F4N5O2/c1-19(2)25-15-21(4-6-26(25)32)37-30-38-27-17-23(5-7-28(27)39(30)3)42-24-8-11-36-22(14-24)16-29(41)20-9-12-40(13-10-20)18-31(33,34)35/h4-8,11,14-15,17,19-20H,9-10,12-13,16,18H2,1-3H3,(H,37,38). The van der Waals surface area contributed by atoms with Crippen LogP contribution in [0.25, 0.3) is 11.0 Å². The lowest BCUT2D eigenvalue weighted by atomic mass is 9.90. The third kappa shape index (κ3) is 7.07. The second kappa shape index (κ2) is 12.1. The Bertz CT molecular complexity index is 1580. The number of hydrogen-bond donors (Lipinski definition) is 1. The first-order valence-electron chi connectivity index (χ1n) is 13.9. The minimum atomic E-state index is -4.23. The maximum absolute atomic E-state index is 14.1. The average Bonchev–Trinajstić information content (AvgIpc) is 3.23. The molecular weight excluding hydrogens is 550 g/mol. The van der Waals surface area contributed by atoms with Crippen molar-refractivity contribution in [3.05, 3.63) is 71.8 Å². The number of rotatable bonds is 9. The van der Waals surface area contributed by atoms with Gasteiger partial charge in [0, 0.05) is 43.4 Å². The van der Waals surface area contributed by atoms with Crippen molar-refractivity contribution in [2.75, 3.05) is 25.0 Å². The molecule has 2 aromatic carbocycles. The number of pyridine rings is 1. The van der Waals surface area contributed by atoms with Gasteiger partial charge in [-0.05, 0) is 73.8 Å². The van der Waals surface area contributed by atoms with Crippen LogP contribution >= 0.6 is 0 Å². The van der Waals surface area contributed by atoms with E-state index in [1.807, 2.05) is 43.7 Å². The Hall–Kier alpha value is -3.99. The van der Waals surface area contributed by atoms with E-state index in [-0.39, 0.29) is 42.9 Å². The van der Waals surface area contributed by atoms with Crippen LogP contribution < -0.4 is 10.1 Å². The number of ketones is 1. The van der Waals surface area contributed by atoms with E-state index in [1.54, 1.807) is 30.5 Å². The van der Waals surface area contributed by atoms with Gasteiger partial charge in [-0.3, -0.25) is 14.7 Å². The van der Waals surface area contributed by atoms with E-state index in [1.165, 1.54) is 11.0 Å². The molecule has 222 valence electrons. The molecule has 0 unspecified atom stereocenters. The third-order valence-electron chi connectivity index (χ3n) is 7.55. The summed E-state index contributed by atoms with van der Waals surface area (Å²) in [6.45, 7) is 3.45. The van der Waals surface area contributed by atoms with Crippen molar-refractivity contribution < 1.29 is 27.1 Å². The van der Waals surface area contributed by atoms with Gasteiger partial charge in [-0.2, -0.15) is 13.2 Å². The Labute approximate surface area is 241 Å². The molecule has 1 N–H and O–H groups in total. The van der Waals surface area contributed by atoms with Crippen LogP contribution in [-0.2, 0) is 18.3 Å². The van der Waals surface area contributed by atoms with Crippen molar-refractivity contribution in [2.24, 2.45) is 13.0 Å². The summed E-state index contributed by atoms with van der Waals surface area (Å²) in [6, 6.07) is 13.8. The molecule has 1 aliphatic rings. The second-order valence-electron chi connectivity index (χ2n) is 11.1. The maximum Gasteiger partial charge on any atom is 0.401 e. The predicted octanol–water partition coefficient (Wildman–Crippen LogP) is 7.15. The lowest BCUT2D eigenvalue weighted by Crippen LogP contribution is -2.41. The number of halogens is 4. The van der Waals surface area contributed by atoms with E-state index >= 15 is 0 Å². The van der Waals surface area contributed by atoms with Crippen LogP contribution in [0, 0.1) is 11.7 Å². The molecule has 5 rings (SSSR count). The van der Waals surface area contributed by atoms with Gasteiger partial charge >= 0.3 is 6.18 Å².